The van der Waals surface area contributed by atoms with E-state index in [0.29, 0.717) is 36.0 Å². The summed E-state index contributed by atoms with van der Waals surface area (Å²) in [4.78, 5) is 35.0. The maximum Gasteiger partial charge on any atom is 0.434 e. The van der Waals surface area contributed by atoms with E-state index in [2.05, 4.69) is 27.3 Å². The zero-order chi connectivity index (χ0) is 22.3. The SMILES string of the molecule is C=[N+](c1nc(C)c2c(n1)N(C)[C@@H](C)C(=O)N2)[C@H]1C[C@@H](NC(=O)Oc2ccc(F)cc2)C1. The molecule has 2 aliphatic rings. The first kappa shape index (κ1) is 20.7. The largest absolute Gasteiger partial charge is 0.434 e. The number of fused-ring (bicyclic) bond motifs is 1. The predicted molar refractivity (Wildman–Crippen MR) is 113 cm³/mol. The number of likely N-dealkylation sites (N-methyl/N-ethyl adjacent to an activating group) is 1. The highest BCUT2D eigenvalue weighted by Gasteiger charge is 2.39. The molecule has 0 bridgehead atoms. The molecule has 0 radical (unpaired) electrons. The fourth-order valence-electron chi connectivity index (χ4n) is 3.59. The number of benzene rings is 1. The van der Waals surface area contributed by atoms with Crippen molar-refractivity contribution in [1.29, 1.82) is 0 Å². The molecule has 9 nitrogen and oxygen atoms in total. The fraction of sp³-hybridized carbons (Fsp3) is 0.381. The minimum absolute atomic E-state index is 0.0504. The number of nitrogens with one attached hydrogen (secondary N) is 2. The minimum Gasteiger partial charge on any atom is -0.410 e. The third-order valence-electron chi connectivity index (χ3n) is 5.76. The molecule has 31 heavy (non-hydrogen) atoms. The van der Waals surface area contributed by atoms with E-state index in [9.17, 15) is 14.0 Å². The third kappa shape index (κ3) is 4.05. The van der Waals surface area contributed by atoms with Crippen LogP contribution in [0.25, 0.3) is 0 Å². The average molecular weight is 427 g/mol. The molecule has 10 heteroatoms. The van der Waals surface area contributed by atoms with Crippen LogP contribution < -0.4 is 20.3 Å². The van der Waals surface area contributed by atoms with Crippen LogP contribution in [0.1, 0.15) is 25.5 Å². The van der Waals surface area contributed by atoms with Crippen molar-refractivity contribution in [3.63, 3.8) is 0 Å². The molecule has 2 heterocycles. The first-order valence-corrected chi connectivity index (χ1v) is 9.99. The van der Waals surface area contributed by atoms with Gasteiger partial charge in [-0.05, 0) is 43.1 Å². The van der Waals surface area contributed by atoms with Crippen molar-refractivity contribution < 1.29 is 23.3 Å². The van der Waals surface area contributed by atoms with Crippen LogP contribution in [0.15, 0.2) is 24.3 Å². The monoisotopic (exact) mass is 427 g/mol. The molecule has 1 saturated carbocycles. The summed E-state index contributed by atoms with van der Waals surface area (Å²) >= 11 is 0. The van der Waals surface area contributed by atoms with E-state index in [0.717, 1.165) is 0 Å². The van der Waals surface area contributed by atoms with E-state index < -0.39 is 11.9 Å². The van der Waals surface area contributed by atoms with Crippen LogP contribution in [-0.2, 0) is 4.79 Å². The van der Waals surface area contributed by atoms with Gasteiger partial charge in [0, 0.05) is 32.6 Å². The van der Waals surface area contributed by atoms with Gasteiger partial charge in [-0.3, -0.25) is 4.79 Å². The number of anilines is 2. The molecule has 1 aliphatic heterocycles. The number of amides is 2. The van der Waals surface area contributed by atoms with Crippen molar-refractivity contribution in [2.45, 2.75) is 44.8 Å². The Morgan fingerprint density at radius 1 is 1.32 bits per heavy atom. The van der Waals surface area contributed by atoms with Crippen molar-refractivity contribution >= 4 is 36.2 Å². The van der Waals surface area contributed by atoms with Crippen LogP contribution in [0.2, 0.25) is 0 Å². The molecule has 1 fully saturated rings. The van der Waals surface area contributed by atoms with Crippen LogP contribution in [0.3, 0.4) is 0 Å². The predicted octanol–water partition coefficient (Wildman–Crippen LogP) is 2.37. The second-order valence-electron chi connectivity index (χ2n) is 7.86. The first-order valence-electron chi connectivity index (χ1n) is 9.99. The van der Waals surface area contributed by atoms with Gasteiger partial charge in [-0.15, -0.1) is 0 Å². The molecule has 0 spiro atoms. The Kier molecular flexibility index (Phi) is 5.30. The maximum atomic E-state index is 12.9. The molecule has 1 atom stereocenters. The second kappa shape index (κ2) is 7.93. The molecule has 0 saturated heterocycles. The highest BCUT2D eigenvalue weighted by atomic mass is 19.1. The van der Waals surface area contributed by atoms with Gasteiger partial charge in [0.1, 0.15) is 29.0 Å². The number of aryl methyl sites for hydroxylation is 1. The van der Waals surface area contributed by atoms with Crippen molar-refractivity contribution in [3.05, 3.63) is 35.8 Å². The lowest BCUT2D eigenvalue weighted by atomic mass is 9.86. The van der Waals surface area contributed by atoms with E-state index in [4.69, 9.17) is 4.74 Å². The lowest BCUT2D eigenvalue weighted by molar-refractivity contribution is -0.501. The van der Waals surface area contributed by atoms with Crippen molar-refractivity contribution in [3.8, 4) is 5.75 Å². The van der Waals surface area contributed by atoms with Gasteiger partial charge in [0.05, 0.1) is 6.04 Å². The smallest absolute Gasteiger partial charge is 0.410 e. The summed E-state index contributed by atoms with van der Waals surface area (Å²) in [5.41, 5.74) is 1.28. The van der Waals surface area contributed by atoms with Gasteiger partial charge in [-0.1, -0.05) is 4.98 Å². The number of halogens is 1. The van der Waals surface area contributed by atoms with Crippen LogP contribution >= 0.6 is 0 Å². The summed E-state index contributed by atoms with van der Waals surface area (Å²) in [5.74, 6) is 0.898. The number of nitrogens with zero attached hydrogens (tertiary/aromatic N) is 4. The van der Waals surface area contributed by atoms with Crippen LogP contribution in [-0.4, -0.2) is 58.4 Å². The van der Waals surface area contributed by atoms with Crippen molar-refractivity contribution in [2.24, 2.45) is 0 Å². The summed E-state index contributed by atoms with van der Waals surface area (Å²) in [5, 5.41) is 5.65. The summed E-state index contributed by atoms with van der Waals surface area (Å²) in [7, 11) is 1.82. The van der Waals surface area contributed by atoms with E-state index in [-0.39, 0.29) is 29.8 Å². The molecule has 1 aromatic heterocycles. The number of hydrogen-bond acceptors (Lipinski definition) is 6. The molecule has 2 aromatic rings. The quantitative estimate of drug-likeness (QED) is 0.574. The summed E-state index contributed by atoms with van der Waals surface area (Å²) in [6, 6.07) is 4.90. The summed E-state index contributed by atoms with van der Waals surface area (Å²) in [6.45, 7) is 7.72. The lowest BCUT2D eigenvalue weighted by Gasteiger charge is -2.35. The van der Waals surface area contributed by atoms with Crippen molar-refractivity contribution in [2.75, 3.05) is 17.3 Å². The zero-order valence-corrected chi connectivity index (χ0v) is 17.6. The molecule has 4 rings (SSSR count). The van der Waals surface area contributed by atoms with E-state index in [1.807, 2.05) is 25.8 Å². The molecule has 162 valence electrons. The van der Waals surface area contributed by atoms with Gasteiger partial charge in [-0.25, -0.2) is 13.8 Å². The molecular weight excluding hydrogens is 403 g/mol. The standard InChI is InChI=1S/C21H23FN6O3/c1-11-17-18(27(3)12(2)19(29)25-17)26-20(23-11)28(4)15-9-14(10-15)24-21(30)31-16-7-5-13(22)6-8-16/h5-8,12,14-15H,4,9-10H2,1-3H3,(H-,24,25,29,30)/p+1/t12-,14-,15+/m0/s1. The molecule has 1 aromatic carbocycles. The van der Waals surface area contributed by atoms with Gasteiger partial charge < -0.3 is 20.3 Å². The zero-order valence-electron chi connectivity index (χ0n) is 17.6. The maximum absolute atomic E-state index is 12.9. The summed E-state index contributed by atoms with van der Waals surface area (Å²) < 4.78 is 19.8. The van der Waals surface area contributed by atoms with Gasteiger partial charge >= 0.3 is 12.0 Å². The molecule has 1 aliphatic carbocycles. The number of carbonyl (C=O) groups is 2. The molecular formula is C21H24FN6O3+. The number of rotatable bonds is 4. The Hall–Kier alpha value is -3.56. The molecule has 0 unspecified atom stereocenters. The number of ether oxygens (including phenoxy) is 1. The van der Waals surface area contributed by atoms with Gasteiger partial charge in [0.15, 0.2) is 0 Å². The fourth-order valence-corrected chi connectivity index (χ4v) is 3.59. The molecule has 2 amide bonds. The lowest BCUT2D eigenvalue weighted by Crippen LogP contribution is -2.51. The third-order valence-corrected chi connectivity index (χ3v) is 5.76. The van der Waals surface area contributed by atoms with Crippen molar-refractivity contribution in [1.82, 2.24) is 15.3 Å². The second-order valence-corrected chi connectivity index (χ2v) is 7.86. The first-order chi connectivity index (χ1) is 14.7. The highest BCUT2D eigenvalue weighted by molar-refractivity contribution is 6.03. The van der Waals surface area contributed by atoms with E-state index in [1.165, 1.54) is 24.3 Å². The summed E-state index contributed by atoms with van der Waals surface area (Å²) in [6.07, 6.45) is 0.729. The van der Waals surface area contributed by atoms with E-state index >= 15 is 0 Å². The van der Waals surface area contributed by atoms with Gasteiger partial charge in [-0.2, -0.15) is 0 Å². The van der Waals surface area contributed by atoms with Gasteiger partial charge in [0.2, 0.25) is 11.7 Å². The minimum atomic E-state index is -0.585. The van der Waals surface area contributed by atoms with E-state index in [1.54, 1.807) is 4.58 Å². The average Bonchev–Trinajstić information content (AvgIpc) is 2.70. The van der Waals surface area contributed by atoms with Crippen LogP contribution in [0, 0.1) is 12.7 Å². The number of carbonyl (C=O) groups excluding carboxylic acids is 2. The Bertz CT molecular complexity index is 1050. The Morgan fingerprint density at radius 2 is 2.00 bits per heavy atom. The van der Waals surface area contributed by atoms with Gasteiger partial charge in [0.25, 0.3) is 0 Å². The van der Waals surface area contributed by atoms with Crippen LogP contribution in [0.5, 0.6) is 5.75 Å². The normalized spacial score (nSPS) is 22.1. The number of aromatic nitrogens is 2. The Balaban J connectivity index is 1.36. The highest BCUT2D eigenvalue weighted by Crippen LogP contribution is 2.34. The topological polar surface area (TPSA) is 99.5 Å². The number of hydrogen-bond donors (Lipinski definition) is 2. The molecule has 2 N–H and O–H groups in total. The Labute approximate surface area is 178 Å². The Morgan fingerprint density at radius 3 is 2.68 bits per heavy atom. The van der Waals surface area contributed by atoms with Crippen LogP contribution in [0.4, 0.5) is 26.6 Å².